The molecule has 5 heteroatoms. The average Bonchev–Trinajstić information content (AvgIpc) is 2.25. The average molecular weight is 245 g/mol. The van der Waals surface area contributed by atoms with Gasteiger partial charge in [-0.15, -0.1) is 0 Å². The van der Waals surface area contributed by atoms with Crippen molar-refractivity contribution in [3.63, 3.8) is 0 Å². The zero-order valence-electron chi connectivity index (χ0n) is 10.0. The van der Waals surface area contributed by atoms with Crippen LogP contribution in [-0.2, 0) is 4.74 Å². The van der Waals surface area contributed by atoms with Gasteiger partial charge in [-0.3, -0.25) is 0 Å². The summed E-state index contributed by atoms with van der Waals surface area (Å²) in [5.74, 6) is -1.11. The van der Waals surface area contributed by atoms with Crippen molar-refractivity contribution in [2.75, 3.05) is 26.9 Å². The van der Waals surface area contributed by atoms with E-state index in [9.17, 15) is 8.78 Å². The van der Waals surface area contributed by atoms with Crippen LogP contribution >= 0.6 is 0 Å². The van der Waals surface area contributed by atoms with E-state index in [1.54, 1.807) is 7.11 Å². The second-order valence-electron chi connectivity index (χ2n) is 3.63. The van der Waals surface area contributed by atoms with Gasteiger partial charge in [0.1, 0.15) is 24.0 Å². The zero-order chi connectivity index (χ0) is 12.7. The molecule has 1 N–H and O–H groups in total. The minimum atomic E-state index is -0.647. The normalized spacial score (nSPS) is 12.5. The molecule has 3 nitrogen and oxygen atoms in total. The summed E-state index contributed by atoms with van der Waals surface area (Å²) in [6.07, 6.45) is 0. The Kier molecular flexibility index (Phi) is 5.86. The first kappa shape index (κ1) is 13.9. The number of likely N-dealkylation sites (N-methyl/N-ethyl adjacent to an activating group) is 1. The molecule has 0 fully saturated rings. The van der Waals surface area contributed by atoms with Gasteiger partial charge in [-0.1, -0.05) is 6.92 Å². The van der Waals surface area contributed by atoms with Gasteiger partial charge in [-0.25, -0.2) is 8.78 Å². The van der Waals surface area contributed by atoms with Gasteiger partial charge in [0.15, 0.2) is 0 Å². The predicted molar refractivity (Wildman–Crippen MR) is 61.2 cm³/mol. The van der Waals surface area contributed by atoms with Gasteiger partial charge in [0.2, 0.25) is 0 Å². The van der Waals surface area contributed by atoms with Crippen LogP contribution in [0.3, 0.4) is 0 Å². The van der Waals surface area contributed by atoms with Crippen LogP contribution in [0, 0.1) is 11.6 Å². The summed E-state index contributed by atoms with van der Waals surface area (Å²) in [4.78, 5) is 0. The Balaban J connectivity index is 2.52. The minimum Gasteiger partial charge on any atom is -0.492 e. The minimum absolute atomic E-state index is 0.00340. The van der Waals surface area contributed by atoms with Crippen molar-refractivity contribution in [1.29, 1.82) is 0 Å². The van der Waals surface area contributed by atoms with Crippen LogP contribution in [0.4, 0.5) is 8.78 Å². The molecule has 1 aromatic carbocycles. The molecule has 0 saturated heterocycles. The zero-order valence-corrected chi connectivity index (χ0v) is 10.0. The molecular weight excluding hydrogens is 228 g/mol. The van der Waals surface area contributed by atoms with Crippen LogP contribution < -0.4 is 10.1 Å². The van der Waals surface area contributed by atoms with Crippen LogP contribution in [-0.4, -0.2) is 32.9 Å². The van der Waals surface area contributed by atoms with Gasteiger partial charge < -0.3 is 14.8 Å². The molecule has 1 atom stereocenters. The summed E-state index contributed by atoms with van der Waals surface area (Å²) >= 11 is 0. The molecule has 1 aromatic rings. The van der Waals surface area contributed by atoms with E-state index < -0.39 is 11.6 Å². The molecule has 17 heavy (non-hydrogen) atoms. The maximum absolute atomic E-state index is 12.9. The molecule has 1 rings (SSSR count). The Morgan fingerprint density at radius 2 is 1.82 bits per heavy atom. The lowest BCUT2D eigenvalue weighted by molar-refractivity contribution is 0.136. The fourth-order valence-corrected chi connectivity index (χ4v) is 1.46. The van der Waals surface area contributed by atoms with E-state index in [1.165, 1.54) is 0 Å². The molecule has 0 aliphatic heterocycles. The largest absolute Gasteiger partial charge is 0.492 e. The fourth-order valence-electron chi connectivity index (χ4n) is 1.46. The van der Waals surface area contributed by atoms with E-state index in [1.807, 2.05) is 6.92 Å². The van der Waals surface area contributed by atoms with Gasteiger partial charge in [-0.2, -0.15) is 0 Å². The Morgan fingerprint density at radius 3 is 2.35 bits per heavy atom. The van der Waals surface area contributed by atoms with E-state index in [-0.39, 0.29) is 11.8 Å². The Hall–Kier alpha value is -1.20. The molecule has 0 bridgehead atoms. The van der Waals surface area contributed by atoms with Gasteiger partial charge in [0, 0.05) is 25.3 Å². The second-order valence-corrected chi connectivity index (χ2v) is 3.63. The molecule has 0 saturated carbocycles. The molecule has 0 aliphatic carbocycles. The third-order valence-electron chi connectivity index (χ3n) is 2.15. The first-order chi connectivity index (χ1) is 8.15. The highest BCUT2D eigenvalue weighted by Crippen LogP contribution is 2.15. The molecular formula is C12H17F2NO2. The predicted octanol–water partition coefficient (Wildman–Crippen LogP) is 1.97. The quantitative estimate of drug-likeness (QED) is 0.796. The number of methoxy groups -OCH3 is 1. The Morgan fingerprint density at radius 1 is 1.18 bits per heavy atom. The maximum atomic E-state index is 12.9. The van der Waals surface area contributed by atoms with Gasteiger partial charge in [0.05, 0.1) is 12.6 Å². The topological polar surface area (TPSA) is 30.5 Å². The molecule has 0 aromatic heterocycles. The molecule has 0 aliphatic rings. The van der Waals surface area contributed by atoms with E-state index in [0.29, 0.717) is 13.2 Å². The Labute approximate surface area is 99.7 Å². The second kappa shape index (κ2) is 7.19. The van der Waals surface area contributed by atoms with Crippen LogP contribution in [0.5, 0.6) is 5.75 Å². The summed E-state index contributed by atoms with van der Waals surface area (Å²) in [6.45, 7) is 3.51. The lowest BCUT2D eigenvalue weighted by Crippen LogP contribution is -2.38. The van der Waals surface area contributed by atoms with Crippen molar-refractivity contribution in [3.8, 4) is 5.75 Å². The highest BCUT2D eigenvalue weighted by Gasteiger charge is 2.08. The summed E-state index contributed by atoms with van der Waals surface area (Å²) in [5.41, 5.74) is 0. The van der Waals surface area contributed by atoms with E-state index in [2.05, 4.69) is 5.32 Å². The summed E-state index contributed by atoms with van der Waals surface area (Å²) in [6, 6.07) is 3.11. The smallest absolute Gasteiger partial charge is 0.129 e. The van der Waals surface area contributed by atoms with Crippen LogP contribution in [0.2, 0.25) is 0 Å². The summed E-state index contributed by atoms with van der Waals surface area (Å²) < 4.78 is 36.1. The third kappa shape index (κ3) is 5.10. The SMILES string of the molecule is CCNC(COC)COc1cc(F)cc(F)c1. The molecule has 0 spiro atoms. The van der Waals surface area contributed by atoms with E-state index in [4.69, 9.17) is 9.47 Å². The van der Waals surface area contributed by atoms with Gasteiger partial charge in [0.25, 0.3) is 0 Å². The number of hydrogen-bond acceptors (Lipinski definition) is 3. The molecule has 96 valence electrons. The number of halogens is 2. The van der Waals surface area contributed by atoms with E-state index >= 15 is 0 Å². The van der Waals surface area contributed by atoms with Crippen molar-refractivity contribution in [1.82, 2.24) is 5.32 Å². The Bertz CT molecular complexity index is 321. The van der Waals surface area contributed by atoms with Gasteiger partial charge in [-0.05, 0) is 6.54 Å². The monoisotopic (exact) mass is 245 g/mol. The van der Waals surface area contributed by atoms with E-state index in [0.717, 1.165) is 24.7 Å². The first-order valence-corrected chi connectivity index (χ1v) is 5.47. The highest BCUT2D eigenvalue weighted by atomic mass is 19.1. The number of ether oxygens (including phenoxy) is 2. The molecule has 1 unspecified atom stereocenters. The number of nitrogens with one attached hydrogen (secondary N) is 1. The molecule has 0 radical (unpaired) electrons. The molecule has 0 amide bonds. The van der Waals surface area contributed by atoms with Crippen molar-refractivity contribution >= 4 is 0 Å². The number of rotatable bonds is 7. The fraction of sp³-hybridized carbons (Fsp3) is 0.500. The van der Waals surface area contributed by atoms with Crippen LogP contribution in [0.25, 0.3) is 0 Å². The molecule has 0 heterocycles. The van der Waals surface area contributed by atoms with Crippen molar-refractivity contribution in [3.05, 3.63) is 29.8 Å². The summed E-state index contributed by atoms with van der Waals surface area (Å²) in [5, 5.41) is 3.15. The lowest BCUT2D eigenvalue weighted by Gasteiger charge is -2.17. The highest BCUT2D eigenvalue weighted by molar-refractivity contribution is 5.23. The first-order valence-electron chi connectivity index (χ1n) is 5.47. The van der Waals surface area contributed by atoms with Crippen molar-refractivity contribution in [2.24, 2.45) is 0 Å². The van der Waals surface area contributed by atoms with Gasteiger partial charge >= 0.3 is 0 Å². The summed E-state index contributed by atoms with van der Waals surface area (Å²) in [7, 11) is 1.59. The standard InChI is InChI=1S/C12H17F2NO2/c1-3-15-11(7-16-2)8-17-12-5-9(13)4-10(14)6-12/h4-6,11,15H,3,7-8H2,1-2H3. The maximum Gasteiger partial charge on any atom is 0.129 e. The number of hydrogen-bond donors (Lipinski definition) is 1. The number of benzene rings is 1. The third-order valence-corrected chi connectivity index (χ3v) is 2.15. The lowest BCUT2D eigenvalue weighted by atomic mass is 10.3. The van der Waals surface area contributed by atoms with Crippen molar-refractivity contribution in [2.45, 2.75) is 13.0 Å². The van der Waals surface area contributed by atoms with Crippen LogP contribution in [0.15, 0.2) is 18.2 Å². The van der Waals surface area contributed by atoms with Crippen molar-refractivity contribution < 1.29 is 18.3 Å². The van der Waals surface area contributed by atoms with Crippen LogP contribution in [0.1, 0.15) is 6.92 Å².